The van der Waals surface area contributed by atoms with Crippen molar-refractivity contribution in [3.8, 4) is 22.8 Å². The number of thiocarbonyl (C=S) groups is 1. The molecule has 2 N–H and O–H groups in total. The Morgan fingerprint density at radius 3 is 2.42 bits per heavy atom. The number of hydrazone groups is 1. The second-order valence-corrected chi connectivity index (χ2v) is 8.30. The fraction of sp³-hybridized carbons (Fsp3) is 0.0833. The summed E-state index contributed by atoms with van der Waals surface area (Å²) in [5.41, 5.74) is 9.36. The van der Waals surface area contributed by atoms with Crippen LogP contribution in [0.5, 0.6) is 5.75 Å². The number of nitrogens with zero attached hydrogens (tertiary/aromatic N) is 5. The number of nitrogens with two attached hydrogens (primary N) is 1. The molecule has 0 aliphatic carbocycles. The molecule has 36 heavy (non-hydrogen) atoms. The van der Waals surface area contributed by atoms with Gasteiger partial charge < -0.3 is 10.5 Å². The number of aryl methyl sites for hydroxylation is 1. The number of anilines is 1. The van der Waals surface area contributed by atoms with Gasteiger partial charge in [-0.05, 0) is 60.6 Å². The van der Waals surface area contributed by atoms with Crippen molar-refractivity contribution in [2.45, 2.75) is 13.3 Å². The Morgan fingerprint density at radius 2 is 1.81 bits per heavy atom. The van der Waals surface area contributed by atoms with E-state index in [0.29, 0.717) is 22.2 Å². The molecule has 0 saturated carbocycles. The maximum absolute atomic E-state index is 12.3. The van der Waals surface area contributed by atoms with Crippen molar-refractivity contribution in [2.24, 2.45) is 10.8 Å². The lowest BCUT2D eigenvalue weighted by molar-refractivity contribution is -0.274. The van der Waals surface area contributed by atoms with E-state index in [1.807, 2.05) is 43.3 Å². The molecule has 1 heterocycles. The Hall–Kier alpha value is -3.96. The molecule has 0 spiro atoms. The Labute approximate surface area is 214 Å². The van der Waals surface area contributed by atoms with Crippen LogP contribution in [0.4, 0.5) is 18.9 Å². The van der Waals surface area contributed by atoms with Crippen LogP contribution in [-0.2, 0) is 0 Å². The molecule has 0 amide bonds. The molecule has 0 bridgehead atoms. The van der Waals surface area contributed by atoms with E-state index in [4.69, 9.17) is 29.6 Å². The minimum Gasteiger partial charge on any atom is -0.406 e. The summed E-state index contributed by atoms with van der Waals surface area (Å²) < 4.78 is 42.4. The highest BCUT2D eigenvalue weighted by molar-refractivity contribution is 7.80. The molecule has 0 aliphatic rings. The first-order chi connectivity index (χ1) is 17.1. The van der Waals surface area contributed by atoms with Gasteiger partial charge in [-0.1, -0.05) is 48.0 Å². The van der Waals surface area contributed by atoms with E-state index >= 15 is 0 Å². The fourth-order valence-corrected chi connectivity index (χ4v) is 3.72. The van der Waals surface area contributed by atoms with Gasteiger partial charge in [-0.15, -0.1) is 18.3 Å². The number of alkyl halides is 3. The number of aromatic nitrogens is 3. The normalized spacial score (nSPS) is 11.6. The largest absolute Gasteiger partial charge is 0.573 e. The third-order valence-electron chi connectivity index (χ3n) is 4.93. The van der Waals surface area contributed by atoms with Crippen molar-refractivity contribution >= 4 is 40.8 Å². The van der Waals surface area contributed by atoms with Gasteiger partial charge in [0.05, 0.1) is 22.6 Å². The molecule has 4 rings (SSSR count). The number of halogens is 4. The Balaban J connectivity index is 1.49. The first-order valence-electron chi connectivity index (χ1n) is 10.4. The summed E-state index contributed by atoms with van der Waals surface area (Å²) in [4.78, 5) is 4.28. The molecule has 0 radical (unpaired) electrons. The molecule has 4 aromatic rings. The summed E-state index contributed by atoms with van der Waals surface area (Å²) in [7, 11) is 0. The number of para-hydroxylation sites is 1. The third kappa shape index (κ3) is 5.99. The minimum atomic E-state index is -4.75. The van der Waals surface area contributed by atoms with Gasteiger partial charge in [0, 0.05) is 5.56 Å². The molecule has 3 aromatic carbocycles. The van der Waals surface area contributed by atoms with Crippen molar-refractivity contribution in [1.29, 1.82) is 0 Å². The summed E-state index contributed by atoms with van der Waals surface area (Å²) in [6, 6.07) is 18.0. The van der Waals surface area contributed by atoms with Crippen LogP contribution in [0.3, 0.4) is 0 Å². The predicted octanol–water partition coefficient (Wildman–Crippen LogP) is 5.88. The third-order valence-corrected chi connectivity index (χ3v) is 5.40. The summed E-state index contributed by atoms with van der Waals surface area (Å²) >= 11 is 11.5. The van der Waals surface area contributed by atoms with Crippen LogP contribution in [0.2, 0.25) is 5.02 Å². The standard InChI is InChI=1S/C24H18ClF3N6OS/c1-15-3-2-4-20(25)21(15)34(23(29)36)31-13-16-5-7-17(8-6-16)22-30-14-33(32-22)18-9-11-19(12-10-18)35-24(26,27)28/h2-14H,1H3,(H2,29,36)/b31-13+. The molecule has 12 heteroatoms. The van der Waals surface area contributed by atoms with Crippen LogP contribution in [0.1, 0.15) is 11.1 Å². The molecular formula is C24H18ClF3N6OS. The molecule has 0 aliphatic heterocycles. The average Bonchev–Trinajstić information content (AvgIpc) is 3.31. The summed E-state index contributed by atoms with van der Waals surface area (Å²) in [5.74, 6) is 0.119. The van der Waals surface area contributed by atoms with E-state index in [1.165, 1.54) is 40.3 Å². The molecule has 184 valence electrons. The van der Waals surface area contributed by atoms with E-state index in [0.717, 1.165) is 16.7 Å². The van der Waals surface area contributed by atoms with Crippen LogP contribution in [0, 0.1) is 6.92 Å². The Bertz CT molecular complexity index is 1380. The van der Waals surface area contributed by atoms with Gasteiger partial charge in [-0.25, -0.2) is 14.7 Å². The molecular weight excluding hydrogens is 513 g/mol. The van der Waals surface area contributed by atoms with Gasteiger partial charge in [-0.3, -0.25) is 0 Å². The van der Waals surface area contributed by atoms with E-state index < -0.39 is 6.36 Å². The van der Waals surface area contributed by atoms with Gasteiger partial charge in [0.2, 0.25) is 0 Å². The van der Waals surface area contributed by atoms with Crippen molar-refractivity contribution in [3.63, 3.8) is 0 Å². The quantitative estimate of drug-likeness (QED) is 0.190. The lowest BCUT2D eigenvalue weighted by atomic mass is 10.1. The van der Waals surface area contributed by atoms with E-state index in [9.17, 15) is 13.2 Å². The van der Waals surface area contributed by atoms with Crippen molar-refractivity contribution < 1.29 is 17.9 Å². The highest BCUT2D eigenvalue weighted by atomic mass is 35.5. The van der Waals surface area contributed by atoms with Crippen LogP contribution < -0.4 is 15.5 Å². The molecule has 0 atom stereocenters. The topological polar surface area (TPSA) is 81.6 Å². The van der Waals surface area contributed by atoms with Crippen LogP contribution in [-0.4, -0.2) is 32.5 Å². The van der Waals surface area contributed by atoms with Crippen molar-refractivity contribution in [3.05, 3.63) is 89.2 Å². The molecule has 0 fully saturated rings. The highest BCUT2D eigenvalue weighted by Gasteiger charge is 2.31. The first kappa shape index (κ1) is 25.1. The number of hydrogen-bond acceptors (Lipinski definition) is 5. The average molecular weight is 531 g/mol. The Kier molecular flexibility index (Phi) is 7.22. The van der Waals surface area contributed by atoms with Gasteiger partial charge >= 0.3 is 6.36 Å². The van der Waals surface area contributed by atoms with Crippen LogP contribution in [0.15, 0.2) is 78.2 Å². The second kappa shape index (κ2) is 10.3. The van der Waals surface area contributed by atoms with Crippen molar-refractivity contribution in [1.82, 2.24) is 14.8 Å². The predicted molar refractivity (Wildman–Crippen MR) is 137 cm³/mol. The summed E-state index contributed by atoms with van der Waals surface area (Å²) in [6.07, 6.45) is -1.68. The zero-order valence-corrected chi connectivity index (χ0v) is 20.2. The monoisotopic (exact) mass is 530 g/mol. The van der Waals surface area contributed by atoms with E-state index in [1.54, 1.807) is 12.3 Å². The van der Waals surface area contributed by atoms with Crippen molar-refractivity contribution in [2.75, 3.05) is 5.01 Å². The lowest BCUT2D eigenvalue weighted by Crippen LogP contribution is -2.31. The maximum Gasteiger partial charge on any atom is 0.573 e. The Morgan fingerprint density at radius 1 is 1.11 bits per heavy atom. The SMILES string of the molecule is Cc1cccc(Cl)c1N(/N=C/c1ccc(-c2ncn(-c3ccc(OC(F)(F)F)cc3)n2)cc1)C(N)=S. The first-order valence-corrected chi connectivity index (χ1v) is 11.2. The van der Waals surface area contributed by atoms with Gasteiger partial charge in [0.15, 0.2) is 10.9 Å². The molecule has 0 saturated heterocycles. The number of hydrogen-bond donors (Lipinski definition) is 1. The van der Waals surface area contributed by atoms with E-state index in [2.05, 4.69) is 19.9 Å². The number of rotatable bonds is 6. The van der Waals surface area contributed by atoms with Crippen LogP contribution >= 0.6 is 23.8 Å². The maximum atomic E-state index is 12.3. The lowest BCUT2D eigenvalue weighted by Gasteiger charge is -2.20. The number of ether oxygens (including phenoxy) is 1. The van der Waals surface area contributed by atoms with Crippen LogP contribution in [0.25, 0.3) is 17.1 Å². The summed E-state index contributed by atoms with van der Waals surface area (Å²) in [5, 5.41) is 10.7. The zero-order chi connectivity index (χ0) is 25.9. The van der Waals surface area contributed by atoms with Gasteiger partial charge in [-0.2, -0.15) is 5.10 Å². The second-order valence-electron chi connectivity index (χ2n) is 7.48. The smallest absolute Gasteiger partial charge is 0.406 e. The molecule has 7 nitrogen and oxygen atoms in total. The number of benzene rings is 3. The fourth-order valence-electron chi connectivity index (χ4n) is 3.28. The zero-order valence-electron chi connectivity index (χ0n) is 18.6. The highest BCUT2D eigenvalue weighted by Crippen LogP contribution is 2.30. The minimum absolute atomic E-state index is 0.0480. The van der Waals surface area contributed by atoms with Gasteiger partial charge in [0.1, 0.15) is 12.1 Å². The van der Waals surface area contributed by atoms with E-state index in [-0.39, 0.29) is 10.9 Å². The van der Waals surface area contributed by atoms with Gasteiger partial charge in [0.25, 0.3) is 0 Å². The summed E-state index contributed by atoms with van der Waals surface area (Å²) in [6.45, 7) is 1.88. The molecule has 1 aromatic heterocycles. The molecule has 0 unspecified atom stereocenters.